The molecule has 0 atom stereocenters. The van der Waals surface area contributed by atoms with Gasteiger partial charge >= 0.3 is 0 Å². The van der Waals surface area contributed by atoms with E-state index in [1.165, 1.54) is 12.1 Å². The lowest BCUT2D eigenvalue weighted by atomic mass is 10.0. The summed E-state index contributed by atoms with van der Waals surface area (Å²) in [5, 5.41) is -0.0203. The first-order valence-electron chi connectivity index (χ1n) is 4.82. The van der Waals surface area contributed by atoms with Crippen LogP contribution in [0.25, 0.3) is 11.1 Å². The summed E-state index contributed by atoms with van der Waals surface area (Å²) in [6.45, 7) is 1.56. The predicted molar refractivity (Wildman–Crippen MR) is 60.3 cm³/mol. The molecule has 0 fully saturated rings. The van der Waals surface area contributed by atoms with E-state index in [2.05, 4.69) is 6.07 Å². The molecule has 0 aliphatic heterocycles. The highest BCUT2D eigenvalue weighted by atomic mass is 35.5. The van der Waals surface area contributed by atoms with E-state index in [4.69, 9.17) is 11.6 Å². The first kappa shape index (κ1) is 12.0. The van der Waals surface area contributed by atoms with Crippen molar-refractivity contribution in [3.8, 4) is 11.1 Å². The highest BCUT2D eigenvalue weighted by molar-refractivity contribution is 6.33. The van der Waals surface area contributed by atoms with Gasteiger partial charge in [0.15, 0.2) is 0 Å². The molecule has 0 aliphatic rings. The zero-order valence-corrected chi connectivity index (χ0v) is 9.58. The molecule has 0 aliphatic carbocycles. The average Bonchev–Trinajstić information content (AvgIpc) is 2.21. The molecule has 2 aromatic rings. The van der Waals surface area contributed by atoms with Crippen LogP contribution in [-0.4, -0.2) is 0 Å². The van der Waals surface area contributed by atoms with Crippen molar-refractivity contribution in [2.24, 2.45) is 0 Å². The Labute approximate surface area is 102 Å². The highest BCUT2D eigenvalue weighted by Crippen LogP contribution is 2.32. The van der Waals surface area contributed by atoms with Crippen LogP contribution < -0.4 is 0 Å². The molecule has 4 heteroatoms. The van der Waals surface area contributed by atoms with Gasteiger partial charge < -0.3 is 0 Å². The van der Waals surface area contributed by atoms with Gasteiger partial charge in [0.25, 0.3) is 0 Å². The molecule has 0 amide bonds. The van der Waals surface area contributed by atoms with Gasteiger partial charge in [-0.1, -0.05) is 11.6 Å². The fraction of sp³-hybridized carbons (Fsp3) is 0.0769. The zero-order chi connectivity index (χ0) is 12.6. The van der Waals surface area contributed by atoms with Gasteiger partial charge in [0.05, 0.1) is 10.6 Å². The summed E-state index contributed by atoms with van der Waals surface area (Å²) in [5.41, 5.74) is 0.0678. The number of hydrogen-bond donors (Lipinski definition) is 0. The summed E-state index contributed by atoms with van der Waals surface area (Å²) < 4.78 is 40.4. The van der Waals surface area contributed by atoms with Crippen LogP contribution in [0.2, 0.25) is 5.02 Å². The fourth-order valence-electron chi connectivity index (χ4n) is 1.59. The van der Waals surface area contributed by atoms with Crippen molar-refractivity contribution < 1.29 is 13.2 Å². The van der Waals surface area contributed by atoms with Crippen molar-refractivity contribution in [2.45, 2.75) is 6.92 Å². The average molecular weight is 256 g/mol. The van der Waals surface area contributed by atoms with Crippen molar-refractivity contribution in [1.82, 2.24) is 0 Å². The molecule has 0 saturated heterocycles. The fourth-order valence-corrected chi connectivity index (χ4v) is 1.80. The molecule has 17 heavy (non-hydrogen) atoms. The van der Waals surface area contributed by atoms with Crippen LogP contribution in [0.3, 0.4) is 0 Å². The van der Waals surface area contributed by atoms with Crippen molar-refractivity contribution in [2.75, 3.05) is 0 Å². The van der Waals surface area contributed by atoms with E-state index >= 15 is 0 Å². The van der Waals surface area contributed by atoms with Crippen LogP contribution in [0.4, 0.5) is 13.2 Å². The van der Waals surface area contributed by atoms with Crippen molar-refractivity contribution in [3.63, 3.8) is 0 Å². The summed E-state index contributed by atoms with van der Waals surface area (Å²) in [6, 6.07) is 6.72. The molecular weight excluding hydrogens is 249 g/mol. The summed E-state index contributed by atoms with van der Waals surface area (Å²) >= 11 is 5.76. The van der Waals surface area contributed by atoms with Gasteiger partial charge in [-0.05, 0) is 36.8 Å². The van der Waals surface area contributed by atoms with E-state index in [0.29, 0.717) is 5.56 Å². The topological polar surface area (TPSA) is 0 Å². The Morgan fingerprint density at radius 2 is 1.65 bits per heavy atom. The van der Waals surface area contributed by atoms with Crippen LogP contribution in [0, 0.1) is 30.4 Å². The molecule has 0 unspecified atom stereocenters. The minimum Gasteiger partial charge on any atom is -0.207 e. The minimum atomic E-state index is -0.775. The summed E-state index contributed by atoms with van der Waals surface area (Å²) in [6.07, 6.45) is 0. The van der Waals surface area contributed by atoms with E-state index in [9.17, 15) is 13.2 Å². The zero-order valence-electron chi connectivity index (χ0n) is 8.82. The van der Waals surface area contributed by atoms with Gasteiger partial charge in [-0.3, -0.25) is 0 Å². The normalized spacial score (nSPS) is 10.6. The van der Waals surface area contributed by atoms with Crippen molar-refractivity contribution in [3.05, 3.63) is 58.4 Å². The third-order valence-electron chi connectivity index (χ3n) is 2.31. The second-order valence-corrected chi connectivity index (χ2v) is 4.03. The van der Waals surface area contributed by atoms with Crippen LogP contribution in [0.5, 0.6) is 0 Å². The maximum atomic E-state index is 13.7. The van der Waals surface area contributed by atoms with Crippen molar-refractivity contribution >= 4 is 11.6 Å². The third-order valence-corrected chi connectivity index (χ3v) is 2.62. The van der Waals surface area contributed by atoms with Crippen molar-refractivity contribution in [1.29, 1.82) is 0 Å². The van der Waals surface area contributed by atoms with Gasteiger partial charge in [-0.2, -0.15) is 0 Å². The lowest BCUT2D eigenvalue weighted by Crippen LogP contribution is -1.93. The molecule has 0 bridgehead atoms. The maximum Gasteiger partial charge on any atom is 0.134 e. The highest BCUT2D eigenvalue weighted by Gasteiger charge is 2.15. The Bertz CT molecular complexity index is 556. The van der Waals surface area contributed by atoms with E-state index in [1.54, 1.807) is 6.92 Å². The third kappa shape index (κ3) is 2.29. The van der Waals surface area contributed by atoms with E-state index in [0.717, 1.165) is 12.1 Å². The second-order valence-electron chi connectivity index (χ2n) is 3.65. The SMILES string of the molecule is Cc1cc(F)c(-c2cc(F)c[c]c2Cl)c(F)c1. The van der Waals surface area contributed by atoms with Gasteiger partial charge in [0, 0.05) is 11.6 Å². The molecule has 0 aromatic heterocycles. The Balaban J connectivity index is 2.72. The Morgan fingerprint density at radius 1 is 1.06 bits per heavy atom. The molecule has 1 radical (unpaired) electrons. The standard InChI is InChI=1S/C13H7ClF3/c1-7-4-11(16)13(12(17)5-7)9-6-8(15)2-3-10(9)14/h2,4-6H,1H3. The summed E-state index contributed by atoms with van der Waals surface area (Å²) in [7, 11) is 0. The lowest BCUT2D eigenvalue weighted by Gasteiger charge is -2.08. The van der Waals surface area contributed by atoms with Gasteiger partial charge in [0.2, 0.25) is 0 Å². The van der Waals surface area contributed by atoms with E-state index < -0.39 is 17.5 Å². The molecule has 0 heterocycles. The molecule has 0 N–H and O–H groups in total. The van der Waals surface area contributed by atoms with Crippen LogP contribution in [-0.2, 0) is 0 Å². The second kappa shape index (κ2) is 4.41. The largest absolute Gasteiger partial charge is 0.207 e. The van der Waals surface area contributed by atoms with Crippen LogP contribution >= 0.6 is 11.6 Å². The predicted octanol–water partition coefficient (Wildman–Crippen LogP) is 4.53. The molecule has 0 spiro atoms. The van der Waals surface area contributed by atoms with Gasteiger partial charge in [0.1, 0.15) is 17.5 Å². The maximum absolute atomic E-state index is 13.7. The van der Waals surface area contributed by atoms with E-state index in [-0.39, 0.29) is 16.1 Å². The van der Waals surface area contributed by atoms with Gasteiger partial charge in [-0.25, -0.2) is 13.2 Å². The number of hydrogen-bond acceptors (Lipinski definition) is 0. The van der Waals surface area contributed by atoms with Crippen LogP contribution in [0.15, 0.2) is 24.3 Å². The minimum absolute atomic E-state index is 0.0203. The number of aryl methyl sites for hydroxylation is 1. The molecular formula is C13H7ClF3. The monoisotopic (exact) mass is 255 g/mol. The smallest absolute Gasteiger partial charge is 0.134 e. The first-order valence-corrected chi connectivity index (χ1v) is 5.19. The summed E-state index contributed by atoms with van der Waals surface area (Å²) in [5.74, 6) is -2.20. The molecule has 2 rings (SSSR count). The quantitative estimate of drug-likeness (QED) is 0.702. The number of halogens is 4. The molecule has 0 nitrogen and oxygen atoms in total. The Hall–Kier alpha value is -1.48. The molecule has 2 aromatic carbocycles. The van der Waals surface area contributed by atoms with Crippen LogP contribution in [0.1, 0.15) is 5.56 Å². The van der Waals surface area contributed by atoms with Gasteiger partial charge in [-0.15, -0.1) is 0 Å². The van der Waals surface area contributed by atoms with E-state index in [1.807, 2.05) is 0 Å². The Morgan fingerprint density at radius 3 is 2.24 bits per heavy atom. The first-order chi connectivity index (χ1) is 7.99. The lowest BCUT2D eigenvalue weighted by molar-refractivity contribution is 0.587. The number of benzene rings is 2. The molecule has 0 saturated carbocycles. The molecule has 87 valence electrons. The summed E-state index contributed by atoms with van der Waals surface area (Å²) in [4.78, 5) is 0. The Kier molecular flexibility index (Phi) is 3.11. The number of rotatable bonds is 1.